The summed E-state index contributed by atoms with van der Waals surface area (Å²) in [6, 6.07) is 0. The minimum Gasteiger partial charge on any atom is -0.418 e. The van der Waals surface area contributed by atoms with Crippen LogP contribution in [0.15, 0.2) is 0 Å². The molecule has 0 aromatic heterocycles. The van der Waals surface area contributed by atoms with Gasteiger partial charge in [0.25, 0.3) is 0 Å². The molecule has 1 rings (SSSR count). The first-order valence-electron chi connectivity index (χ1n) is 6.13. The van der Waals surface area contributed by atoms with Crippen molar-refractivity contribution in [2.45, 2.75) is 26.7 Å². The standard InChI is InChI=1S/C10H22NO.BF4/c1-3-5-11(6-4-2)7-9-12-10-8-11;2-1(3,4)5/h3-10H2,1-2H3;/q+1;-1. The fraction of sp³-hybridized carbons (Fsp3) is 1.00. The highest BCUT2D eigenvalue weighted by atomic mass is 19.5. The lowest BCUT2D eigenvalue weighted by molar-refractivity contribution is -0.935. The van der Waals surface area contributed by atoms with Gasteiger partial charge in [-0.05, 0) is 12.8 Å². The monoisotopic (exact) mass is 259 g/mol. The highest BCUT2D eigenvalue weighted by Crippen LogP contribution is 2.13. The van der Waals surface area contributed by atoms with Crippen LogP contribution >= 0.6 is 0 Å². The van der Waals surface area contributed by atoms with Gasteiger partial charge in [-0.15, -0.1) is 0 Å². The van der Waals surface area contributed by atoms with Crippen LogP contribution in [0.1, 0.15) is 26.7 Å². The Morgan fingerprint density at radius 3 is 1.59 bits per heavy atom. The van der Waals surface area contributed by atoms with Crippen LogP contribution in [0, 0.1) is 0 Å². The molecule has 0 saturated carbocycles. The molecular weight excluding hydrogens is 237 g/mol. The Morgan fingerprint density at radius 2 is 1.29 bits per heavy atom. The molecule has 0 radical (unpaired) electrons. The molecule has 1 fully saturated rings. The molecule has 1 heterocycles. The minimum atomic E-state index is -6.00. The smallest absolute Gasteiger partial charge is 0.418 e. The van der Waals surface area contributed by atoms with Crippen LogP contribution < -0.4 is 0 Å². The van der Waals surface area contributed by atoms with E-state index in [0.29, 0.717) is 0 Å². The van der Waals surface area contributed by atoms with Crippen LogP contribution in [-0.2, 0) is 4.74 Å². The van der Waals surface area contributed by atoms with E-state index in [1.807, 2.05) is 0 Å². The summed E-state index contributed by atoms with van der Waals surface area (Å²) in [4.78, 5) is 0. The first-order valence-corrected chi connectivity index (χ1v) is 6.13. The highest BCUT2D eigenvalue weighted by molar-refractivity contribution is 6.50. The van der Waals surface area contributed by atoms with E-state index in [4.69, 9.17) is 4.74 Å². The van der Waals surface area contributed by atoms with Crippen molar-refractivity contribution in [2.24, 2.45) is 0 Å². The largest absolute Gasteiger partial charge is 0.673 e. The molecule has 0 atom stereocenters. The summed E-state index contributed by atoms with van der Waals surface area (Å²) in [6.45, 7) is 11.7. The number of hydrogen-bond donors (Lipinski definition) is 0. The summed E-state index contributed by atoms with van der Waals surface area (Å²) in [5.74, 6) is 0. The van der Waals surface area contributed by atoms with Gasteiger partial charge in [-0.25, -0.2) is 0 Å². The zero-order valence-electron chi connectivity index (χ0n) is 10.6. The second-order valence-corrected chi connectivity index (χ2v) is 4.34. The molecule has 0 aliphatic carbocycles. The molecule has 0 amide bonds. The lowest BCUT2D eigenvalue weighted by atomic mass is 10.2. The van der Waals surface area contributed by atoms with Gasteiger partial charge in [0, 0.05) is 0 Å². The SMILES string of the molecule is CCC[N+]1(CCC)CCOCC1.F[B-](F)(F)F. The van der Waals surface area contributed by atoms with Gasteiger partial charge in [0.05, 0.1) is 26.3 Å². The van der Waals surface area contributed by atoms with Crippen LogP contribution in [-0.4, -0.2) is 51.1 Å². The zero-order chi connectivity index (χ0) is 13.4. The zero-order valence-corrected chi connectivity index (χ0v) is 10.6. The normalized spacial score (nSPS) is 19.4. The van der Waals surface area contributed by atoms with E-state index in [0.717, 1.165) is 13.2 Å². The van der Waals surface area contributed by atoms with E-state index < -0.39 is 7.25 Å². The number of ether oxygens (including phenoxy) is 1. The summed E-state index contributed by atoms with van der Waals surface area (Å²) in [5.41, 5.74) is 0. The molecule has 2 nitrogen and oxygen atoms in total. The van der Waals surface area contributed by atoms with Crippen molar-refractivity contribution in [1.82, 2.24) is 0 Å². The molecular formula is C10H22BF4NO. The molecule has 0 aromatic carbocycles. The Bertz CT molecular complexity index is 174. The lowest BCUT2D eigenvalue weighted by Crippen LogP contribution is -2.55. The predicted molar refractivity (Wildman–Crippen MR) is 61.3 cm³/mol. The number of hydrogen-bond acceptors (Lipinski definition) is 1. The van der Waals surface area contributed by atoms with Crippen LogP contribution in [0.5, 0.6) is 0 Å². The molecule has 0 aromatic rings. The van der Waals surface area contributed by atoms with Crippen LogP contribution in [0.4, 0.5) is 17.3 Å². The summed E-state index contributed by atoms with van der Waals surface area (Å²) >= 11 is 0. The molecule has 17 heavy (non-hydrogen) atoms. The van der Waals surface area contributed by atoms with Crippen molar-refractivity contribution < 1.29 is 26.5 Å². The van der Waals surface area contributed by atoms with Gasteiger partial charge in [0.1, 0.15) is 13.1 Å². The van der Waals surface area contributed by atoms with Crippen molar-refractivity contribution in [2.75, 3.05) is 39.4 Å². The van der Waals surface area contributed by atoms with Crippen molar-refractivity contribution in [3.05, 3.63) is 0 Å². The highest BCUT2D eigenvalue weighted by Gasteiger charge is 2.27. The second kappa shape index (κ2) is 7.92. The maximum atomic E-state index is 9.75. The van der Waals surface area contributed by atoms with E-state index in [9.17, 15) is 17.3 Å². The third-order valence-corrected chi connectivity index (χ3v) is 2.82. The molecule has 0 spiro atoms. The minimum absolute atomic E-state index is 0.972. The summed E-state index contributed by atoms with van der Waals surface area (Å²) in [6.07, 6.45) is 2.61. The van der Waals surface area contributed by atoms with E-state index in [2.05, 4.69) is 13.8 Å². The predicted octanol–water partition coefficient (Wildman–Crippen LogP) is 2.95. The molecule has 0 unspecified atom stereocenters. The first-order chi connectivity index (χ1) is 7.83. The number of nitrogens with zero attached hydrogens (tertiary/aromatic N) is 1. The van der Waals surface area contributed by atoms with Crippen molar-refractivity contribution in [3.63, 3.8) is 0 Å². The quantitative estimate of drug-likeness (QED) is 0.428. The van der Waals surface area contributed by atoms with Gasteiger partial charge in [0.2, 0.25) is 0 Å². The van der Waals surface area contributed by atoms with Gasteiger partial charge in [0.15, 0.2) is 0 Å². The van der Waals surface area contributed by atoms with E-state index in [1.54, 1.807) is 0 Å². The van der Waals surface area contributed by atoms with Gasteiger partial charge in [-0.3, -0.25) is 0 Å². The topological polar surface area (TPSA) is 9.23 Å². The average molecular weight is 259 g/mol. The molecule has 1 aliphatic rings. The van der Waals surface area contributed by atoms with Crippen LogP contribution in [0.2, 0.25) is 0 Å². The Hall–Kier alpha value is -0.295. The van der Waals surface area contributed by atoms with Crippen LogP contribution in [0.3, 0.4) is 0 Å². The lowest BCUT2D eigenvalue weighted by Gasteiger charge is -2.41. The van der Waals surface area contributed by atoms with Gasteiger partial charge < -0.3 is 26.5 Å². The number of rotatable bonds is 4. The third kappa shape index (κ3) is 9.41. The molecule has 0 bridgehead atoms. The second-order valence-electron chi connectivity index (χ2n) is 4.34. The number of quaternary nitrogens is 1. The Balaban J connectivity index is 0.000000437. The molecule has 1 saturated heterocycles. The maximum absolute atomic E-state index is 9.75. The fourth-order valence-electron chi connectivity index (χ4n) is 2.24. The van der Waals surface area contributed by atoms with Gasteiger partial charge in [-0.1, -0.05) is 13.8 Å². The number of morpholine rings is 1. The van der Waals surface area contributed by atoms with Crippen molar-refractivity contribution in [1.29, 1.82) is 0 Å². The fourth-order valence-corrected chi connectivity index (χ4v) is 2.24. The molecule has 0 N–H and O–H groups in total. The first kappa shape index (κ1) is 16.7. The average Bonchev–Trinajstić information content (AvgIpc) is 2.17. The van der Waals surface area contributed by atoms with Gasteiger partial charge >= 0.3 is 7.25 Å². The van der Waals surface area contributed by atoms with Gasteiger partial charge in [-0.2, -0.15) is 0 Å². The maximum Gasteiger partial charge on any atom is 0.673 e. The third-order valence-electron chi connectivity index (χ3n) is 2.82. The van der Waals surface area contributed by atoms with E-state index >= 15 is 0 Å². The molecule has 104 valence electrons. The van der Waals surface area contributed by atoms with E-state index in [1.165, 1.54) is 43.5 Å². The van der Waals surface area contributed by atoms with E-state index in [-0.39, 0.29) is 0 Å². The van der Waals surface area contributed by atoms with Crippen LogP contribution in [0.25, 0.3) is 0 Å². The van der Waals surface area contributed by atoms with Crippen molar-refractivity contribution in [3.8, 4) is 0 Å². The molecule has 1 aliphatic heterocycles. The van der Waals surface area contributed by atoms with Crippen molar-refractivity contribution >= 4 is 7.25 Å². The molecule has 7 heteroatoms. The Labute approximate surface area is 101 Å². The summed E-state index contributed by atoms with van der Waals surface area (Å²) in [7, 11) is -6.00. The number of halogens is 4. The Kier molecular flexibility index (Phi) is 7.78. The summed E-state index contributed by atoms with van der Waals surface area (Å²) < 4.78 is 45.7. The Morgan fingerprint density at radius 1 is 0.941 bits per heavy atom. The summed E-state index contributed by atoms with van der Waals surface area (Å²) in [5, 5.41) is 0.